The summed E-state index contributed by atoms with van der Waals surface area (Å²) < 4.78 is 4.98. The van der Waals surface area contributed by atoms with Crippen molar-refractivity contribution in [3.05, 3.63) is 0 Å². The quantitative estimate of drug-likeness (QED) is 0.754. The van der Waals surface area contributed by atoms with E-state index in [0.717, 1.165) is 19.3 Å². The molecule has 0 spiro atoms. The summed E-state index contributed by atoms with van der Waals surface area (Å²) in [6.45, 7) is 5.44. The molecule has 1 fully saturated rings. The lowest BCUT2D eigenvalue weighted by Crippen LogP contribution is -2.59. The monoisotopic (exact) mass is 300 g/mol. The summed E-state index contributed by atoms with van der Waals surface area (Å²) in [5.41, 5.74) is -1.11. The molecule has 0 unspecified atom stereocenters. The van der Waals surface area contributed by atoms with Crippen molar-refractivity contribution in [3.63, 3.8) is 0 Å². The van der Waals surface area contributed by atoms with Crippen molar-refractivity contribution in [2.45, 2.75) is 51.5 Å². The lowest BCUT2D eigenvalue weighted by atomic mass is 9.75. The molecular weight excluding hydrogens is 272 g/mol. The van der Waals surface area contributed by atoms with Gasteiger partial charge in [0.25, 0.3) is 0 Å². The van der Waals surface area contributed by atoms with E-state index in [0.29, 0.717) is 38.5 Å². The number of methoxy groups -OCH3 is 1. The van der Waals surface area contributed by atoms with Crippen LogP contribution < -0.4 is 5.32 Å². The summed E-state index contributed by atoms with van der Waals surface area (Å²) in [4.78, 5) is 25.6. The van der Waals surface area contributed by atoms with Crippen molar-refractivity contribution in [2.75, 3.05) is 26.8 Å². The molecule has 122 valence electrons. The third kappa shape index (κ3) is 4.59. The number of rotatable bonds is 7. The minimum Gasteiger partial charge on any atom is -0.480 e. The Morgan fingerprint density at radius 3 is 2.38 bits per heavy atom. The van der Waals surface area contributed by atoms with Gasteiger partial charge in [0.1, 0.15) is 5.54 Å². The first-order valence-corrected chi connectivity index (χ1v) is 7.78. The molecule has 1 aliphatic carbocycles. The second-order valence-electron chi connectivity index (χ2n) is 5.74. The second-order valence-corrected chi connectivity index (χ2v) is 5.74. The Hall–Kier alpha value is -1.30. The molecule has 0 bridgehead atoms. The van der Waals surface area contributed by atoms with Gasteiger partial charge >= 0.3 is 12.0 Å². The van der Waals surface area contributed by atoms with E-state index in [1.165, 1.54) is 0 Å². The fraction of sp³-hybridized carbons (Fsp3) is 0.867. The fourth-order valence-electron chi connectivity index (χ4n) is 2.86. The van der Waals surface area contributed by atoms with E-state index >= 15 is 0 Å². The molecule has 0 aliphatic heterocycles. The van der Waals surface area contributed by atoms with Crippen LogP contribution in [0.15, 0.2) is 0 Å². The standard InChI is InChI=1S/C15H28N2O4/c1-4-12-6-8-15(9-7-12,13(18)19)16-14(20)17(5-2)10-11-21-3/h12H,4-11H2,1-3H3,(H,16,20)(H,18,19). The van der Waals surface area contributed by atoms with Crippen LogP contribution in [0, 0.1) is 5.92 Å². The highest BCUT2D eigenvalue weighted by Gasteiger charge is 2.43. The first-order chi connectivity index (χ1) is 9.99. The zero-order valence-electron chi connectivity index (χ0n) is 13.4. The number of aliphatic carboxylic acids is 1. The third-order valence-corrected chi connectivity index (χ3v) is 4.53. The van der Waals surface area contributed by atoms with Crippen molar-refractivity contribution in [3.8, 4) is 0 Å². The molecule has 0 atom stereocenters. The Morgan fingerprint density at radius 2 is 1.95 bits per heavy atom. The Balaban J connectivity index is 2.70. The van der Waals surface area contributed by atoms with Crippen molar-refractivity contribution >= 4 is 12.0 Å². The van der Waals surface area contributed by atoms with Crippen LogP contribution in [0.1, 0.15) is 46.0 Å². The molecule has 1 rings (SSSR count). The second kappa shape index (κ2) is 8.22. The van der Waals surface area contributed by atoms with Gasteiger partial charge in [-0.2, -0.15) is 0 Å². The number of carboxylic acid groups (broad SMARTS) is 1. The van der Waals surface area contributed by atoms with Gasteiger partial charge in [0, 0.05) is 20.2 Å². The Bertz CT molecular complexity index is 352. The lowest BCUT2D eigenvalue weighted by molar-refractivity contribution is -0.146. The Labute approximate surface area is 126 Å². The van der Waals surface area contributed by atoms with Gasteiger partial charge in [0.15, 0.2) is 0 Å². The molecule has 0 saturated heterocycles. The van der Waals surface area contributed by atoms with E-state index < -0.39 is 11.5 Å². The zero-order valence-corrected chi connectivity index (χ0v) is 13.4. The van der Waals surface area contributed by atoms with E-state index in [2.05, 4.69) is 12.2 Å². The lowest BCUT2D eigenvalue weighted by Gasteiger charge is -2.38. The number of nitrogens with one attached hydrogen (secondary N) is 1. The number of carbonyl (C=O) groups excluding carboxylic acids is 1. The maximum absolute atomic E-state index is 12.3. The number of likely N-dealkylation sites (N-methyl/N-ethyl adjacent to an activating group) is 1. The highest BCUT2D eigenvalue weighted by Crippen LogP contribution is 2.34. The van der Waals surface area contributed by atoms with Gasteiger partial charge in [-0.25, -0.2) is 9.59 Å². The van der Waals surface area contributed by atoms with Gasteiger partial charge < -0.3 is 20.1 Å². The van der Waals surface area contributed by atoms with Crippen LogP contribution in [0.2, 0.25) is 0 Å². The van der Waals surface area contributed by atoms with E-state index in [1.807, 2.05) is 6.92 Å². The molecule has 0 aromatic carbocycles. The molecular formula is C15H28N2O4. The molecule has 1 saturated carbocycles. The fourth-order valence-corrected chi connectivity index (χ4v) is 2.86. The topological polar surface area (TPSA) is 78.9 Å². The van der Waals surface area contributed by atoms with Crippen LogP contribution in [-0.4, -0.2) is 54.4 Å². The van der Waals surface area contributed by atoms with Crippen molar-refractivity contribution in [1.82, 2.24) is 10.2 Å². The number of amides is 2. The van der Waals surface area contributed by atoms with Crippen LogP contribution in [0.25, 0.3) is 0 Å². The summed E-state index contributed by atoms with van der Waals surface area (Å²) in [7, 11) is 1.58. The number of ether oxygens (including phenoxy) is 1. The zero-order chi connectivity index (χ0) is 15.9. The molecule has 1 aliphatic rings. The molecule has 0 aromatic heterocycles. The smallest absolute Gasteiger partial charge is 0.329 e. The minimum absolute atomic E-state index is 0.313. The van der Waals surface area contributed by atoms with E-state index in [9.17, 15) is 14.7 Å². The van der Waals surface area contributed by atoms with Gasteiger partial charge in [-0.05, 0) is 38.5 Å². The summed E-state index contributed by atoms with van der Waals surface area (Å²) in [6.07, 6.45) is 3.79. The van der Waals surface area contributed by atoms with Crippen molar-refractivity contribution < 1.29 is 19.4 Å². The average Bonchev–Trinajstić information content (AvgIpc) is 2.48. The molecule has 2 N–H and O–H groups in total. The maximum Gasteiger partial charge on any atom is 0.329 e. The number of hydrogen-bond donors (Lipinski definition) is 2. The van der Waals surface area contributed by atoms with Crippen LogP contribution in [0.3, 0.4) is 0 Å². The van der Waals surface area contributed by atoms with Gasteiger partial charge in [0.2, 0.25) is 0 Å². The number of nitrogens with zero attached hydrogens (tertiary/aromatic N) is 1. The van der Waals surface area contributed by atoms with Gasteiger partial charge in [0.05, 0.1) is 6.61 Å². The Morgan fingerprint density at radius 1 is 1.33 bits per heavy atom. The summed E-state index contributed by atoms with van der Waals surface area (Å²) >= 11 is 0. The molecule has 0 radical (unpaired) electrons. The average molecular weight is 300 g/mol. The maximum atomic E-state index is 12.3. The van der Waals surface area contributed by atoms with E-state index in [1.54, 1.807) is 12.0 Å². The predicted octanol–water partition coefficient (Wildman–Crippen LogP) is 2.09. The number of hydrogen-bond acceptors (Lipinski definition) is 3. The van der Waals surface area contributed by atoms with Gasteiger partial charge in [-0.1, -0.05) is 13.3 Å². The molecule has 6 heteroatoms. The Kier molecular flexibility index (Phi) is 6.95. The van der Waals surface area contributed by atoms with Crippen LogP contribution in [0.4, 0.5) is 4.79 Å². The summed E-state index contributed by atoms with van der Waals surface area (Å²) in [6, 6.07) is -0.313. The normalized spacial score (nSPS) is 25.4. The van der Waals surface area contributed by atoms with Crippen LogP contribution in [0.5, 0.6) is 0 Å². The highest BCUT2D eigenvalue weighted by molar-refractivity contribution is 5.86. The third-order valence-electron chi connectivity index (χ3n) is 4.53. The van der Waals surface area contributed by atoms with Crippen molar-refractivity contribution in [1.29, 1.82) is 0 Å². The van der Waals surface area contributed by atoms with E-state index in [-0.39, 0.29) is 6.03 Å². The van der Waals surface area contributed by atoms with E-state index in [4.69, 9.17) is 4.74 Å². The van der Waals surface area contributed by atoms with Gasteiger partial charge in [-0.3, -0.25) is 0 Å². The number of carboxylic acids is 1. The van der Waals surface area contributed by atoms with Crippen LogP contribution in [-0.2, 0) is 9.53 Å². The van der Waals surface area contributed by atoms with Crippen LogP contribution >= 0.6 is 0 Å². The number of carbonyl (C=O) groups is 2. The first-order valence-electron chi connectivity index (χ1n) is 7.78. The number of urea groups is 1. The summed E-state index contributed by atoms with van der Waals surface area (Å²) in [5, 5.41) is 12.3. The molecule has 0 aromatic rings. The molecule has 6 nitrogen and oxygen atoms in total. The van der Waals surface area contributed by atoms with Gasteiger partial charge in [-0.15, -0.1) is 0 Å². The molecule has 0 heterocycles. The minimum atomic E-state index is -1.11. The summed E-state index contributed by atoms with van der Waals surface area (Å²) in [5.74, 6) is -0.349. The molecule has 2 amide bonds. The molecule has 21 heavy (non-hydrogen) atoms. The first kappa shape index (κ1) is 17.8. The highest BCUT2D eigenvalue weighted by atomic mass is 16.5. The largest absolute Gasteiger partial charge is 0.480 e. The SMILES string of the molecule is CCC1CCC(NC(=O)N(CC)CCOC)(C(=O)O)CC1. The predicted molar refractivity (Wildman–Crippen MR) is 80.3 cm³/mol. The van der Waals surface area contributed by atoms with Crippen molar-refractivity contribution in [2.24, 2.45) is 5.92 Å².